The lowest BCUT2D eigenvalue weighted by molar-refractivity contribution is -0.151. The first kappa shape index (κ1) is 15.0. The van der Waals surface area contributed by atoms with Gasteiger partial charge in [0.25, 0.3) is 0 Å². The Morgan fingerprint density at radius 3 is 2.39 bits per heavy atom. The van der Waals surface area contributed by atoms with E-state index in [1.165, 1.54) is 0 Å². The number of amides is 1. The number of rotatable bonds is 7. The van der Waals surface area contributed by atoms with Gasteiger partial charge in [-0.3, -0.25) is 9.59 Å². The molecule has 0 bridgehead atoms. The van der Waals surface area contributed by atoms with Crippen molar-refractivity contribution >= 4 is 11.9 Å². The Hall–Kier alpha value is -1.06. The molecule has 1 aliphatic rings. The molecule has 0 radical (unpaired) electrons. The number of hydrogen-bond acceptors (Lipinski definition) is 2. The van der Waals surface area contributed by atoms with Crippen molar-refractivity contribution in [2.24, 2.45) is 5.41 Å². The maximum absolute atomic E-state index is 11.6. The highest BCUT2D eigenvalue weighted by Gasteiger charge is 2.39. The quantitative estimate of drug-likeness (QED) is 0.687. The first-order valence-corrected chi connectivity index (χ1v) is 7.11. The summed E-state index contributed by atoms with van der Waals surface area (Å²) in [6.45, 7) is 2.40. The summed E-state index contributed by atoms with van der Waals surface area (Å²) in [5, 5.41) is 12.2. The van der Waals surface area contributed by atoms with Crippen molar-refractivity contribution in [3.63, 3.8) is 0 Å². The molecule has 1 fully saturated rings. The van der Waals surface area contributed by atoms with Gasteiger partial charge in [0.05, 0.1) is 5.41 Å². The molecule has 0 aromatic heterocycles. The molecule has 2 N–H and O–H groups in total. The number of carboxylic acid groups (broad SMARTS) is 1. The van der Waals surface area contributed by atoms with Crippen LogP contribution in [0.1, 0.15) is 64.7 Å². The van der Waals surface area contributed by atoms with E-state index in [0.29, 0.717) is 25.8 Å². The molecule has 0 aromatic rings. The van der Waals surface area contributed by atoms with Crippen LogP contribution in [0.3, 0.4) is 0 Å². The molecule has 4 nitrogen and oxygen atoms in total. The maximum Gasteiger partial charge on any atom is 0.311 e. The summed E-state index contributed by atoms with van der Waals surface area (Å²) in [6.07, 6.45) is 7.96. The van der Waals surface area contributed by atoms with Crippen LogP contribution < -0.4 is 5.32 Å². The van der Waals surface area contributed by atoms with Gasteiger partial charge < -0.3 is 10.4 Å². The fourth-order valence-corrected chi connectivity index (χ4v) is 2.59. The Balaban J connectivity index is 2.38. The summed E-state index contributed by atoms with van der Waals surface area (Å²) < 4.78 is 0. The van der Waals surface area contributed by atoms with E-state index in [0.717, 1.165) is 38.5 Å². The predicted octanol–water partition coefficient (Wildman–Crippen LogP) is 2.72. The third-order valence-corrected chi connectivity index (χ3v) is 3.90. The van der Waals surface area contributed by atoms with Gasteiger partial charge in [-0.25, -0.2) is 0 Å². The monoisotopic (exact) mass is 255 g/mol. The summed E-state index contributed by atoms with van der Waals surface area (Å²) in [5.41, 5.74) is -0.710. The number of carboxylic acids is 1. The van der Waals surface area contributed by atoms with Crippen molar-refractivity contribution in [1.29, 1.82) is 0 Å². The molecule has 1 aliphatic carbocycles. The lowest BCUT2D eigenvalue weighted by atomic mass is 9.74. The number of carbonyl (C=O) groups excluding carboxylic acids is 1. The van der Waals surface area contributed by atoms with E-state index < -0.39 is 11.4 Å². The smallest absolute Gasteiger partial charge is 0.311 e. The van der Waals surface area contributed by atoms with E-state index in [1.807, 2.05) is 0 Å². The molecule has 0 heterocycles. The summed E-state index contributed by atoms with van der Waals surface area (Å²) in [4.78, 5) is 23.0. The van der Waals surface area contributed by atoms with E-state index >= 15 is 0 Å². The van der Waals surface area contributed by atoms with Crippen LogP contribution in [0.5, 0.6) is 0 Å². The van der Waals surface area contributed by atoms with Crippen molar-refractivity contribution < 1.29 is 14.7 Å². The zero-order valence-electron chi connectivity index (χ0n) is 11.3. The first-order chi connectivity index (χ1) is 8.60. The van der Waals surface area contributed by atoms with Gasteiger partial charge in [0.15, 0.2) is 0 Å². The van der Waals surface area contributed by atoms with E-state index in [9.17, 15) is 14.7 Å². The topological polar surface area (TPSA) is 66.4 Å². The van der Waals surface area contributed by atoms with Crippen LogP contribution in [-0.2, 0) is 9.59 Å². The minimum absolute atomic E-state index is 0.00496. The third kappa shape index (κ3) is 4.31. The largest absolute Gasteiger partial charge is 0.481 e. The maximum atomic E-state index is 11.6. The Morgan fingerprint density at radius 1 is 1.17 bits per heavy atom. The second kappa shape index (κ2) is 7.39. The highest BCUT2D eigenvalue weighted by Crippen LogP contribution is 2.35. The van der Waals surface area contributed by atoms with Crippen molar-refractivity contribution in [2.45, 2.75) is 64.7 Å². The molecule has 104 valence electrons. The van der Waals surface area contributed by atoms with Crippen LogP contribution in [0, 0.1) is 5.41 Å². The molecule has 1 saturated carbocycles. The highest BCUT2D eigenvalue weighted by molar-refractivity contribution is 5.79. The molecule has 0 atom stereocenters. The SMILES string of the molecule is CCCCCC(=O)NCC1(C(=O)O)CCCCC1. The molecule has 1 rings (SSSR count). The van der Waals surface area contributed by atoms with Gasteiger partial charge in [0, 0.05) is 13.0 Å². The zero-order chi connectivity index (χ0) is 13.4. The molecule has 4 heteroatoms. The number of unbranched alkanes of at least 4 members (excludes halogenated alkanes) is 2. The number of hydrogen-bond donors (Lipinski definition) is 2. The molecule has 0 aromatic carbocycles. The van der Waals surface area contributed by atoms with Gasteiger partial charge >= 0.3 is 5.97 Å². The van der Waals surface area contributed by atoms with E-state index in [1.54, 1.807) is 0 Å². The summed E-state index contributed by atoms with van der Waals surface area (Å²) in [6, 6.07) is 0. The Kier molecular flexibility index (Phi) is 6.16. The number of carbonyl (C=O) groups is 2. The minimum atomic E-state index is -0.754. The van der Waals surface area contributed by atoms with Crippen LogP contribution in [0.2, 0.25) is 0 Å². The lowest BCUT2D eigenvalue weighted by Gasteiger charge is -2.33. The highest BCUT2D eigenvalue weighted by atomic mass is 16.4. The molecule has 0 unspecified atom stereocenters. The van der Waals surface area contributed by atoms with Crippen molar-refractivity contribution in [2.75, 3.05) is 6.54 Å². The predicted molar refractivity (Wildman–Crippen MR) is 70.3 cm³/mol. The van der Waals surface area contributed by atoms with Gasteiger partial charge in [0.2, 0.25) is 5.91 Å². The molecule has 0 aliphatic heterocycles. The second-order valence-electron chi connectivity index (χ2n) is 5.38. The Bertz CT molecular complexity index is 283. The Labute approximate surface area is 109 Å². The second-order valence-corrected chi connectivity index (χ2v) is 5.38. The average Bonchev–Trinajstić information content (AvgIpc) is 2.37. The molecule has 1 amide bonds. The number of nitrogens with one attached hydrogen (secondary N) is 1. The van der Waals surface area contributed by atoms with Crippen molar-refractivity contribution in [3.8, 4) is 0 Å². The van der Waals surface area contributed by atoms with Gasteiger partial charge in [0.1, 0.15) is 0 Å². The van der Waals surface area contributed by atoms with Gasteiger partial charge in [-0.1, -0.05) is 39.0 Å². The minimum Gasteiger partial charge on any atom is -0.481 e. The molecule has 0 spiro atoms. The van der Waals surface area contributed by atoms with Crippen LogP contribution in [0.15, 0.2) is 0 Å². The molecular weight excluding hydrogens is 230 g/mol. The van der Waals surface area contributed by atoms with Crippen LogP contribution in [-0.4, -0.2) is 23.5 Å². The third-order valence-electron chi connectivity index (χ3n) is 3.90. The molecule has 0 saturated heterocycles. The summed E-state index contributed by atoms with van der Waals surface area (Å²) in [7, 11) is 0. The van der Waals surface area contributed by atoms with Gasteiger partial charge in [-0.15, -0.1) is 0 Å². The van der Waals surface area contributed by atoms with Gasteiger partial charge in [-0.05, 0) is 19.3 Å². The zero-order valence-corrected chi connectivity index (χ0v) is 11.3. The summed E-state index contributed by atoms with van der Waals surface area (Å²) >= 11 is 0. The summed E-state index contributed by atoms with van der Waals surface area (Å²) in [5.74, 6) is -0.759. The average molecular weight is 255 g/mol. The van der Waals surface area contributed by atoms with E-state index in [4.69, 9.17) is 0 Å². The molecular formula is C14H25NO3. The fourth-order valence-electron chi connectivity index (χ4n) is 2.59. The fraction of sp³-hybridized carbons (Fsp3) is 0.857. The van der Waals surface area contributed by atoms with E-state index in [2.05, 4.69) is 12.2 Å². The van der Waals surface area contributed by atoms with Gasteiger partial charge in [-0.2, -0.15) is 0 Å². The van der Waals surface area contributed by atoms with Crippen molar-refractivity contribution in [1.82, 2.24) is 5.32 Å². The van der Waals surface area contributed by atoms with Crippen LogP contribution in [0.4, 0.5) is 0 Å². The lowest BCUT2D eigenvalue weighted by Crippen LogP contribution is -2.44. The van der Waals surface area contributed by atoms with E-state index in [-0.39, 0.29) is 5.91 Å². The number of aliphatic carboxylic acids is 1. The normalized spacial score (nSPS) is 18.3. The van der Waals surface area contributed by atoms with Crippen LogP contribution in [0.25, 0.3) is 0 Å². The first-order valence-electron chi connectivity index (χ1n) is 7.11. The van der Waals surface area contributed by atoms with Crippen molar-refractivity contribution in [3.05, 3.63) is 0 Å². The Morgan fingerprint density at radius 2 is 1.83 bits per heavy atom. The standard InChI is InChI=1S/C14H25NO3/c1-2-3-5-8-12(16)15-11-14(13(17)18)9-6-4-7-10-14/h2-11H2,1H3,(H,15,16)(H,17,18). The molecule has 18 heavy (non-hydrogen) atoms. The van der Waals surface area contributed by atoms with Crippen LogP contribution >= 0.6 is 0 Å².